The first-order valence-corrected chi connectivity index (χ1v) is 10.9. The van der Waals surface area contributed by atoms with Crippen LogP contribution in [0.3, 0.4) is 0 Å². The number of fused-ring (bicyclic) bond motifs is 1. The molecule has 1 aliphatic carbocycles. The van der Waals surface area contributed by atoms with Gasteiger partial charge >= 0.3 is 0 Å². The summed E-state index contributed by atoms with van der Waals surface area (Å²) in [5.74, 6) is 0.552. The van der Waals surface area contributed by atoms with Gasteiger partial charge in [0.05, 0.1) is 13.1 Å². The van der Waals surface area contributed by atoms with Crippen LogP contribution in [0.4, 0.5) is 0 Å². The van der Waals surface area contributed by atoms with Gasteiger partial charge in [-0.25, -0.2) is 0 Å². The molecule has 1 saturated heterocycles. The van der Waals surface area contributed by atoms with Crippen LogP contribution in [-0.2, 0) is 11.3 Å². The fourth-order valence-corrected chi connectivity index (χ4v) is 4.92. The number of amides is 1. The number of quaternary nitrogens is 1. The number of likely N-dealkylation sites (tertiary alicyclic amines) is 1. The van der Waals surface area contributed by atoms with E-state index in [0.29, 0.717) is 11.9 Å². The van der Waals surface area contributed by atoms with Gasteiger partial charge < -0.3 is 10.2 Å². The van der Waals surface area contributed by atoms with Crippen LogP contribution >= 0.6 is 0 Å². The largest absolute Gasteiger partial charge is 0.353 e. The van der Waals surface area contributed by atoms with Crippen LogP contribution in [0, 0.1) is 5.92 Å². The Bertz CT molecular complexity index is 751. The van der Waals surface area contributed by atoms with Crippen LogP contribution in [0.5, 0.6) is 0 Å². The molecule has 0 radical (unpaired) electrons. The standard InChI is InChI=1S/C24H32N2O/c27-24(25-22-11-3-1-2-4-12-22)20-14-16-26(17-15-20)18-21-10-7-9-19-8-5-6-13-23(19)21/h5-10,13,20,22H,1-4,11-12,14-18H2,(H,25,27)/p+1. The average Bonchev–Trinajstić information content (AvgIpc) is 2.97. The zero-order valence-corrected chi connectivity index (χ0v) is 16.4. The molecular weight excluding hydrogens is 332 g/mol. The summed E-state index contributed by atoms with van der Waals surface area (Å²) < 4.78 is 0. The van der Waals surface area contributed by atoms with Crippen molar-refractivity contribution >= 4 is 16.7 Å². The summed E-state index contributed by atoms with van der Waals surface area (Å²) in [4.78, 5) is 14.3. The molecule has 144 valence electrons. The molecule has 0 spiro atoms. The smallest absolute Gasteiger partial charge is 0.223 e. The number of hydrogen-bond acceptors (Lipinski definition) is 1. The fourth-order valence-electron chi connectivity index (χ4n) is 4.92. The second-order valence-corrected chi connectivity index (χ2v) is 8.54. The highest BCUT2D eigenvalue weighted by atomic mass is 16.1. The van der Waals surface area contributed by atoms with Crippen molar-refractivity contribution in [3.63, 3.8) is 0 Å². The monoisotopic (exact) mass is 365 g/mol. The third-order valence-electron chi connectivity index (χ3n) is 6.59. The summed E-state index contributed by atoms with van der Waals surface area (Å²) in [6, 6.07) is 15.7. The van der Waals surface area contributed by atoms with Crippen molar-refractivity contribution in [3.05, 3.63) is 48.0 Å². The van der Waals surface area contributed by atoms with Crippen molar-refractivity contribution in [1.29, 1.82) is 0 Å². The Kier molecular flexibility index (Phi) is 6.08. The van der Waals surface area contributed by atoms with E-state index in [-0.39, 0.29) is 5.92 Å². The molecule has 2 aromatic rings. The van der Waals surface area contributed by atoms with Gasteiger partial charge in [0.15, 0.2) is 0 Å². The highest BCUT2D eigenvalue weighted by molar-refractivity contribution is 5.85. The minimum atomic E-state index is 0.226. The topological polar surface area (TPSA) is 33.5 Å². The molecule has 1 saturated carbocycles. The van der Waals surface area contributed by atoms with Crippen molar-refractivity contribution in [2.24, 2.45) is 5.92 Å². The number of carbonyl (C=O) groups excluding carboxylic acids is 1. The SMILES string of the molecule is O=C(NC1CCCCCC1)C1CC[NH+](Cc2cccc3ccccc23)CC1. The molecule has 0 atom stereocenters. The summed E-state index contributed by atoms with van der Waals surface area (Å²) in [6.07, 6.45) is 9.63. The van der Waals surface area contributed by atoms with Crippen LogP contribution in [0.25, 0.3) is 10.8 Å². The maximum Gasteiger partial charge on any atom is 0.223 e. The van der Waals surface area contributed by atoms with Crippen molar-refractivity contribution in [2.45, 2.75) is 64.0 Å². The summed E-state index contributed by atoms with van der Waals surface area (Å²) in [7, 11) is 0. The number of nitrogens with one attached hydrogen (secondary N) is 2. The van der Waals surface area contributed by atoms with Crippen LogP contribution in [0.15, 0.2) is 42.5 Å². The second-order valence-electron chi connectivity index (χ2n) is 8.54. The summed E-state index contributed by atoms with van der Waals surface area (Å²) in [5.41, 5.74) is 1.43. The molecule has 2 fully saturated rings. The van der Waals surface area contributed by atoms with Gasteiger partial charge in [0.1, 0.15) is 6.54 Å². The molecule has 3 heteroatoms. The van der Waals surface area contributed by atoms with E-state index in [1.165, 1.54) is 54.9 Å². The highest BCUT2D eigenvalue weighted by Crippen LogP contribution is 2.20. The molecule has 0 aromatic heterocycles. The van der Waals surface area contributed by atoms with E-state index in [9.17, 15) is 4.79 Å². The van der Waals surface area contributed by atoms with E-state index < -0.39 is 0 Å². The van der Waals surface area contributed by atoms with Gasteiger partial charge in [-0.1, -0.05) is 68.1 Å². The predicted molar refractivity (Wildman–Crippen MR) is 111 cm³/mol. The van der Waals surface area contributed by atoms with E-state index in [4.69, 9.17) is 0 Å². The van der Waals surface area contributed by atoms with Crippen molar-refractivity contribution in [1.82, 2.24) is 5.32 Å². The van der Waals surface area contributed by atoms with E-state index in [2.05, 4.69) is 47.8 Å². The van der Waals surface area contributed by atoms with Gasteiger partial charge in [-0.05, 0) is 23.6 Å². The Morgan fingerprint density at radius 1 is 0.889 bits per heavy atom. The van der Waals surface area contributed by atoms with Gasteiger partial charge in [-0.2, -0.15) is 0 Å². The van der Waals surface area contributed by atoms with Gasteiger partial charge in [-0.3, -0.25) is 4.79 Å². The lowest BCUT2D eigenvalue weighted by molar-refractivity contribution is -0.919. The minimum absolute atomic E-state index is 0.226. The van der Waals surface area contributed by atoms with Gasteiger partial charge in [-0.15, -0.1) is 0 Å². The van der Waals surface area contributed by atoms with Crippen LogP contribution < -0.4 is 10.2 Å². The van der Waals surface area contributed by atoms with Crippen LogP contribution in [-0.4, -0.2) is 25.0 Å². The third-order valence-corrected chi connectivity index (χ3v) is 6.59. The second kappa shape index (κ2) is 8.88. The fraction of sp³-hybridized carbons (Fsp3) is 0.542. The first-order chi connectivity index (χ1) is 13.3. The quantitative estimate of drug-likeness (QED) is 0.799. The highest BCUT2D eigenvalue weighted by Gasteiger charge is 2.29. The predicted octanol–water partition coefficient (Wildman–Crippen LogP) is 3.47. The van der Waals surface area contributed by atoms with Crippen molar-refractivity contribution < 1.29 is 9.69 Å². The zero-order chi connectivity index (χ0) is 18.5. The Balaban J connectivity index is 1.30. The number of piperidine rings is 1. The van der Waals surface area contributed by atoms with Crippen molar-refractivity contribution in [2.75, 3.05) is 13.1 Å². The normalized spacial score (nSPS) is 24.4. The van der Waals surface area contributed by atoms with E-state index in [1.54, 1.807) is 4.90 Å². The molecule has 1 amide bonds. The molecule has 1 aliphatic heterocycles. The van der Waals surface area contributed by atoms with Crippen molar-refractivity contribution in [3.8, 4) is 0 Å². The van der Waals surface area contributed by atoms with E-state index in [0.717, 1.165) is 32.5 Å². The molecular formula is C24H33N2O+. The molecule has 3 nitrogen and oxygen atoms in total. The molecule has 2 aromatic carbocycles. The molecule has 4 rings (SSSR count). The number of benzene rings is 2. The molecule has 0 unspecified atom stereocenters. The lowest BCUT2D eigenvalue weighted by atomic mass is 9.94. The molecule has 2 aliphatic rings. The third kappa shape index (κ3) is 4.70. The Labute approximate surface area is 163 Å². The Hall–Kier alpha value is -1.87. The van der Waals surface area contributed by atoms with Gasteiger partial charge in [0.25, 0.3) is 0 Å². The lowest BCUT2D eigenvalue weighted by Gasteiger charge is -2.30. The maximum atomic E-state index is 12.7. The lowest BCUT2D eigenvalue weighted by Crippen LogP contribution is -3.11. The maximum absolute atomic E-state index is 12.7. The van der Waals surface area contributed by atoms with Gasteiger partial charge in [0, 0.05) is 30.4 Å². The summed E-state index contributed by atoms with van der Waals surface area (Å²) >= 11 is 0. The van der Waals surface area contributed by atoms with Crippen LogP contribution in [0.1, 0.15) is 56.9 Å². The molecule has 27 heavy (non-hydrogen) atoms. The first kappa shape index (κ1) is 18.5. The Morgan fingerprint density at radius 2 is 1.59 bits per heavy atom. The summed E-state index contributed by atoms with van der Waals surface area (Å²) in [5, 5.41) is 6.07. The number of carbonyl (C=O) groups is 1. The molecule has 0 bridgehead atoms. The Morgan fingerprint density at radius 3 is 2.37 bits per heavy atom. The molecule has 1 heterocycles. The van der Waals surface area contributed by atoms with E-state index in [1.807, 2.05) is 0 Å². The number of rotatable bonds is 4. The zero-order valence-electron chi connectivity index (χ0n) is 16.4. The van der Waals surface area contributed by atoms with E-state index >= 15 is 0 Å². The summed E-state index contributed by atoms with van der Waals surface area (Å²) in [6.45, 7) is 3.27. The van der Waals surface area contributed by atoms with Gasteiger partial charge in [0.2, 0.25) is 5.91 Å². The first-order valence-electron chi connectivity index (χ1n) is 10.9. The average molecular weight is 366 g/mol. The minimum Gasteiger partial charge on any atom is -0.353 e. The molecule has 2 N–H and O–H groups in total. The van der Waals surface area contributed by atoms with Crippen LogP contribution in [0.2, 0.25) is 0 Å². The number of hydrogen-bond donors (Lipinski definition) is 2.